The highest BCUT2D eigenvalue weighted by Crippen LogP contribution is 2.03. The van der Waals surface area contributed by atoms with E-state index in [2.05, 4.69) is 27.4 Å². The van der Waals surface area contributed by atoms with Crippen molar-refractivity contribution >= 4 is 0 Å². The summed E-state index contributed by atoms with van der Waals surface area (Å²) in [6, 6.07) is 10.2. The fraction of sp³-hybridized carbons (Fsp3) is 0.154. The van der Waals surface area contributed by atoms with E-state index in [1.807, 2.05) is 39.8 Å². The standard InChI is InChI=1S/C13H13N5/c1-2-4-12(5-3-1)8-18-10-13(15-16-18)9-17-7-6-14-11-17/h1-7,10-11H,8-9H2. The molecule has 0 amide bonds. The van der Waals surface area contributed by atoms with Crippen molar-refractivity contribution in [3.8, 4) is 0 Å². The van der Waals surface area contributed by atoms with Gasteiger partial charge in [-0.3, -0.25) is 0 Å². The van der Waals surface area contributed by atoms with Crippen molar-refractivity contribution in [1.29, 1.82) is 0 Å². The summed E-state index contributed by atoms with van der Waals surface area (Å²) in [6.07, 6.45) is 7.41. The highest BCUT2D eigenvalue weighted by Gasteiger charge is 2.02. The summed E-state index contributed by atoms with van der Waals surface area (Å²) in [5, 5.41) is 8.28. The molecule has 3 aromatic rings. The van der Waals surface area contributed by atoms with Gasteiger partial charge >= 0.3 is 0 Å². The molecule has 0 unspecified atom stereocenters. The number of aromatic nitrogens is 5. The van der Waals surface area contributed by atoms with Crippen molar-refractivity contribution in [3.05, 3.63) is 66.5 Å². The average molecular weight is 239 g/mol. The lowest BCUT2D eigenvalue weighted by molar-refractivity contribution is 0.648. The minimum atomic E-state index is 0.703. The zero-order chi connectivity index (χ0) is 12.2. The van der Waals surface area contributed by atoms with Crippen molar-refractivity contribution in [1.82, 2.24) is 24.5 Å². The molecule has 5 nitrogen and oxygen atoms in total. The van der Waals surface area contributed by atoms with E-state index in [1.54, 1.807) is 12.5 Å². The normalized spacial score (nSPS) is 10.7. The number of imidazole rings is 1. The molecular formula is C13H13N5. The first kappa shape index (κ1) is 10.7. The first-order valence-corrected chi connectivity index (χ1v) is 5.79. The number of nitrogens with zero attached hydrogens (tertiary/aromatic N) is 5. The van der Waals surface area contributed by atoms with Crippen LogP contribution >= 0.6 is 0 Å². The van der Waals surface area contributed by atoms with Crippen molar-refractivity contribution < 1.29 is 0 Å². The van der Waals surface area contributed by atoms with E-state index >= 15 is 0 Å². The van der Waals surface area contributed by atoms with Crippen molar-refractivity contribution in [2.24, 2.45) is 0 Å². The van der Waals surface area contributed by atoms with Gasteiger partial charge in [0.05, 0.1) is 25.6 Å². The molecule has 2 aromatic heterocycles. The maximum Gasteiger partial charge on any atom is 0.102 e. The third-order valence-corrected chi connectivity index (χ3v) is 2.68. The molecule has 5 heteroatoms. The molecule has 0 radical (unpaired) electrons. The van der Waals surface area contributed by atoms with Gasteiger partial charge in [0.15, 0.2) is 0 Å². The topological polar surface area (TPSA) is 48.5 Å². The van der Waals surface area contributed by atoms with E-state index in [1.165, 1.54) is 5.56 Å². The summed E-state index contributed by atoms with van der Waals surface area (Å²) in [5.74, 6) is 0. The number of hydrogen-bond acceptors (Lipinski definition) is 3. The van der Waals surface area contributed by atoms with Gasteiger partial charge < -0.3 is 4.57 Å². The third kappa shape index (κ3) is 2.45. The van der Waals surface area contributed by atoms with E-state index in [9.17, 15) is 0 Å². The van der Waals surface area contributed by atoms with Gasteiger partial charge in [0.2, 0.25) is 0 Å². The van der Waals surface area contributed by atoms with Gasteiger partial charge in [0.25, 0.3) is 0 Å². The Labute approximate surface area is 105 Å². The van der Waals surface area contributed by atoms with Gasteiger partial charge in [-0.05, 0) is 5.56 Å². The molecule has 0 saturated heterocycles. The second kappa shape index (κ2) is 4.83. The number of benzene rings is 1. The molecule has 0 atom stereocenters. The lowest BCUT2D eigenvalue weighted by Gasteiger charge is -1.99. The van der Waals surface area contributed by atoms with Crippen LogP contribution < -0.4 is 0 Å². The summed E-state index contributed by atoms with van der Waals surface area (Å²) in [7, 11) is 0. The Morgan fingerprint density at radius 2 is 1.94 bits per heavy atom. The molecule has 0 aliphatic rings. The Hall–Kier alpha value is -2.43. The summed E-state index contributed by atoms with van der Waals surface area (Å²) in [4.78, 5) is 4.00. The van der Waals surface area contributed by atoms with Gasteiger partial charge in [-0.1, -0.05) is 35.5 Å². The Morgan fingerprint density at radius 1 is 1.06 bits per heavy atom. The molecule has 90 valence electrons. The fourth-order valence-corrected chi connectivity index (χ4v) is 1.83. The minimum absolute atomic E-state index is 0.703. The minimum Gasteiger partial charge on any atom is -0.331 e. The quantitative estimate of drug-likeness (QED) is 0.694. The Balaban J connectivity index is 1.70. The fourth-order valence-electron chi connectivity index (χ4n) is 1.83. The largest absolute Gasteiger partial charge is 0.331 e. The summed E-state index contributed by atoms with van der Waals surface area (Å²) < 4.78 is 3.82. The molecule has 0 spiro atoms. The molecule has 0 aliphatic heterocycles. The van der Waals surface area contributed by atoms with Crippen molar-refractivity contribution in [2.45, 2.75) is 13.1 Å². The zero-order valence-electron chi connectivity index (χ0n) is 9.85. The van der Waals surface area contributed by atoms with Gasteiger partial charge in [-0.25, -0.2) is 9.67 Å². The van der Waals surface area contributed by atoms with E-state index in [0.29, 0.717) is 6.54 Å². The maximum atomic E-state index is 4.15. The van der Waals surface area contributed by atoms with Crippen LogP contribution in [0.25, 0.3) is 0 Å². The SMILES string of the molecule is c1ccc(Cn2cc(Cn3ccnc3)nn2)cc1. The summed E-state index contributed by atoms with van der Waals surface area (Å²) >= 11 is 0. The van der Waals surface area contributed by atoms with Crippen LogP contribution in [-0.2, 0) is 13.1 Å². The smallest absolute Gasteiger partial charge is 0.102 e. The second-order valence-electron chi connectivity index (χ2n) is 4.13. The maximum absolute atomic E-state index is 4.15. The van der Waals surface area contributed by atoms with Crippen LogP contribution in [0.15, 0.2) is 55.2 Å². The van der Waals surface area contributed by atoms with E-state index in [0.717, 1.165) is 12.2 Å². The van der Waals surface area contributed by atoms with Gasteiger partial charge in [-0.2, -0.15) is 0 Å². The molecule has 18 heavy (non-hydrogen) atoms. The van der Waals surface area contributed by atoms with Crippen LogP contribution in [0.1, 0.15) is 11.3 Å². The average Bonchev–Trinajstić information content (AvgIpc) is 3.03. The molecule has 0 saturated carbocycles. The molecule has 0 aliphatic carbocycles. The van der Waals surface area contributed by atoms with Crippen molar-refractivity contribution in [2.75, 3.05) is 0 Å². The van der Waals surface area contributed by atoms with Crippen LogP contribution in [0.4, 0.5) is 0 Å². The molecule has 1 aromatic carbocycles. The van der Waals surface area contributed by atoms with E-state index < -0.39 is 0 Å². The Bertz CT molecular complexity index is 597. The van der Waals surface area contributed by atoms with Crippen LogP contribution in [0.3, 0.4) is 0 Å². The highest BCUT2D eigenvalue weighted by molar-refractivity contribution is 5.14. The van der Waals surface area contributed by atoms with E-state index in [4.69, 9.17) is 0 Å². The predicted molar refractivity (Wildman–Crippen MR) is 66.9 cm³/mol. The molecule has 3 rings (SSSR count). The van der Waals surface area contributed by atoms with Gasteiger partial charge in [0.1, 0.15) is 5.69 Å². The second-order valence-corrected chi connectivity index (χ2v) is 4.13. The molecule has 0 bridgehead atoms. The van der Waals surface area contributed by atoms with Gasteiger partial charge in [-0.15, -0.1) is 5.10 Å². The lowest BCUT2D eigenvalue weighted by atomic mass is 10.2. The lowest BCUT2D eigenvalue weighted by Crippen LogP contribution is -2.00. The first-order chi connectivity index (χ1) is 8.90. The van der Waals surface area contributed by atoms with Crippen LogP contribution in [0, 0.1) is 0 Å². The summed E-state index contributed by atoms with van der Waals surface area (Å²) in [6.45, 7) is 1.45. The Kier molecular flexibility index (Phi) is 2.87. The molecule has 2 heterocycles. The zero-order valence-corrected chi connectivity index (χ0v) is 9.85. The van der Waals surface area contributed by atoms with Crippen LogP contribution in [0.5, 0.6) is 0 Å². The van der Waals surface area contributed by atoms with Crippen molar-refractivity contribution in [3.63, 3.8) is 0 Å². The highest BCUT2D eigenvalue weighted by atomic mass is 15.4. The van der Waals surface area contributed by atoms with Crippen LogP contribution in [0.2, 0.25) is 0 Å². The molecule has 0 fully saturated rings. The molecular weight excluding hydrogens is 226 g/mol. The third-order valence-electron chi connectivity index (χ3n) is 2.68. The molecule has 0 N–H and O–H groups in total. The first-order valence-electron chi connectivity index (χ1n) is 5.79. The number of hydrogen-bond donors (Lipinski definition) is 0. The number of rotatable bonds is 4. The van der Waals surface area contributed by atoms with Gasteiger partial charge in [0, 0.05) is 12.4 Å². The Morgan fingerprint density at radius 3 is 2.72 bits per heavy atom. The predicted octanol–water partition coefficient (Wildman–Crippen LogP) is 1.57. The van der Waals surface area contributed by atoms with Crippen LogP contribution in [-0.4, -0.2) is 24.5 Å². The summed E-state index contributed by atoms with van der Waals surface area (Å²) in [5.41, 5.74) is 2.15. The van der Waals surface area contributed by atoms with E-state index in [-0.39, 0.29) is 0 Å². The monoisotopic (exact) mass is 239 g/mol.